The molecule has 0 radical (unpaired) electrons. The summed E-state index contributed by atoms with van der Waals surface area (Å²) < 4.78 is 6.95. The Morgan fingerprint density at radius 1 is 0.310 bits per heavy atom. The third kappa shape index (κ3) is 6.49. The van der Waals surface area contributed by atoms with Crippen LogP contribution >= 0.6 is 0 Å². The summed E-state index contributed by atoms with van der Waals surface area (Å²) in [5.41, 5.74) is 18.7. The molecule has 1 aliphatic rings. The molecule has 0 atom stereocenters. The summed E-state index contributed by atoms with van der Waals surface area (Å²) in [5.74, 6) is 0. The summed E-state index contributed by atoms with van der Waals surface area (Å²) in [7, 11) is 0. The van der Waals surface area contributed by atoms with E-state index in [2.05, 4.69) is 278 Å². The number of nitrogens with zero attached hydrogens (tertiary/aromatic N) is 1. The van der Waals surface area contributed by atoms with Gasteiger partial charge in [0.15, 0.2) is 0 Å². The SMILES string of the molecule is c1ccc(C2(c3ccccc3)c3ccccc3-c3c(N(c4ccc(-c5cccc(-c6ccc7ccccc7c6)c5)cc4)c4ccccc4-c4cccc5c4oc4cc6ccccc6cc45)cccc32)cc1. The van der Waals surface area contributed by atoms with Crippen LogP contribution in [-0.2, 0) is 5.41 Å². The van der Waals surface area contributed by atoms with Gasteiger partial charge in [0, 0.05) is 33.2 Å². The zero-order valence-electron chi connectivity index (χ0n) is 38.8. The van der Waals surface area contributed by atoms with E-state index in [4.69, 9.17) is 4.42 Å². The number of hydrogen-bond donors (Lipinski definition) is 0. The molecule has 1 heterocycles. The molecule has 0 unspecified atom stereocenters. The molecule has 2 heteroatoms. The van der Waals surface area contributed by atoms with Crippen LogP contribution < -0.4 is 4.90 Å². The number of furan rings is 1. The molecule has 2 nitrogen and oxygen atoms in total. The van der Waals surface area contributed by atoms with Gasteiger partial charge in [-0.1, -0.05) is 224 Å². The van der Waals surface area contributed by atoms with Crippen LogP contribution in [0.25, 0.3) is 88.0 Å². The average molecular weight is 904 g/mol. The fourth-order valence-electron chi connectivity index (χ4n) is 11.7. The lowest BCUT2D eigenvalue weighted by atomic mass is 9.68. The van der Waals surface area contributed by atoms with Gasteiger partial charge in [0.1, 0.15) is 11.2 Å². The zero-order valence-corrected chi connectivity index (χ0v) is 38.8. The quantitative estimate of drug-likeness (QED) is 0.151. The van der Waals surface area contributed by atoms with E-state index in [1.165, 1.54) is 66.2 Å². The smallest absolute Gasteiger partial charge is 0.143 e. The molecule has 0 amide bonds. The van der Waals surface area contributed by atoms with Gasteiger partial charge in [0.2, 0.25) is 0 Å². The van der Waals surface area contributed by atoms with E-state index in [1.807, 2.05) is 0 Å². The summed E-state index contributed by atoms with van der Waals surface area (Å²) in [6.07, 6.45) is 0. The molecule has 0 N–H and O–H groups in total. The molecule has 0 saturated carbocycles. The number of benzene rings is 12. The molecule has 71 heavy (non-hydrogen) atoms. The van der Waals surface area contributed by atoms with Crippen molar-refractivity contribution in [2.24, 2.45) is 0 Å². The van der Waals surface area contributed by atoms with Gasteiger partial charge in [-0.3, -0.25) is 0 Å². The Hall–Kier alpha value is -9.24. The predicted octanol–water partition coefficient (Wildman–Crippen LogP) is 18.7. The van der Waals surface area contributed by atoms with Crippen molar-refractivity contribution in [2.75, 3.05) is 4.90 Å². The minimum absolute atomic E-state index is 0.557. The maximum atomic E-state index is 6.95. The first-order valence-electron chi connectivity index (χ1n) is 24.5. The zero-order chi connectivity index (χ0) is 46.9. The Morgan fingerprint density at radius 2 is 0.845 bits per heavy atom. The molecular formula is C69H45NO. The highest BCUT2D eigenvalue weighted by molar-refractivity contribution is 6.14. The third-order valence-electron chi connectivity index (χ3n) is 14.9. The molecular weight excluding hydrogens is 859 g/mol. The second kappa shape index (κ2) is 16.5. The first-order chi connectivity index (χ1) is 35.2. The molecule has 14 rings (SSSR count). The van der Waals surface area contributed by atoms with E-state index in [9.17, 15) is 0 Å². The largest absolute Gasteiger partial charge is 0.455 e. The Bertz CT molecular complexity index is 4130. The molecule has 0 saturated heterocycles. The van der Waals surface area contributed by atoms with Crippen molar-refractivity contribution in [1.29, 1.82) is 0 Å². The van der Waals surface area contributed by atoms with Crippen molar-refractivity contribution < 1.29 is 4.42 Å². The molecule has 13 aromatic rings. The number of rotatable bonds is 8. The van der Waals surface area contributed by atoms with Crippen LogP contribution in [0.4, 0.5) is 17.1 Å². The number of para-hydroxylation sites is 2. The van der Waals surface area contributed by atoms with Gasteiger partial charge in [-0.15, -0.1) is 0 Å². The van der Waals surface area contributed by atoms with Gasteiger partial charge >= 0.3 is 0 Å². The highest BCUT2D eigenvalue weighted by atomic mass is 16.3. The lowest BCUT2D eigenvalue weighted by Crippen LogP contribution is -2.28. The summed E-state index contributed by atoms with van der Waals surface area (Å²) in [6.45, 7) is 0. The minimum Gasteiger partial charge on any atom is -0.455 e. The Balaban J connectivity index is 0.990. The molecule has 1 aromatic heterocycles. The van der Waals surface area contributed by atoms with Gasteiger partial charge in [0.25, 0.3) is 0 Å². The van der Waals surface area contributed by atoms with Gasteiger partial charge < -0.3 is 9.32 Å². The van der Waals surface area contributed by atoms with E-state index in [-0.39, 0.29) is 0 Å². The van der Waals surface area contributed by atoms with E-state index in [0.29, 0.717) is 0 Å². The maximum absolute atomic E-state index is 6.95. The second-order valence-corrected chi connectivity index (χ2v) is 18.7. The maximum Gasteiger partial charge on any atom is 0.143 e. The summed E-state index contributed by atoms with van der Waals surface area (Å²) in [6, 6.07) is 99.9. The third-order valence-corrected chi connectivity index (χ3v) is 14.9. The Morgan fingerprint density at radius 3 is 1.61 bits per heavy atom. The normalized spacial score (nSPS) is 12.6. The standard InChI is InChI=1S/C69H45NO/c1-3-24-54(25-4-1)69(55-26-5-2-6-27-55)62-32-13-11-29-60(62)67-63(69)33-17-35-65(67)70(56-40-38-47(39-41-56)49-22-15-23-50(42-49)53-37-36-46-18-7-8-19-48(46)43-53)64-34-14-12-28-57(64)58-30-16-31-59-61-44-51-20-9-10-21-52(51)45-66(61)71-68(58)59/h1-45H. The molecule has 1 aliphatic carbocycles. The molecule has 0 aliphatic heterocycles. The van der Waals surface area contributed by atoms with Crippen LogP contribution in [0.3, 0.4) is 0 Å². The van der Waals surface area contributed by atoms with Crippen LogP contribution in [0.2, 0.25) is 0 Å². The number of hydrogen-bond acceptors (Lipinski definition) is 2. The predicted molar refractivity (Wildman–Crippen MR) is 297 cm³/mol. The number of fused-ring (bicyclic) bond motifs is 8. The van der Waals surface area contributed by atoms with Crippen LogP contribution in [0.5, 0.6) is 0 Å². The summed E-state index contributed by atoms with van der Waals surface area (Å²) in [4.78, 5) is 2.49. The van der Waals surface area contributed by atoms with Crippen LogP contribution in [0, 0.1) is 0 Å². The molecule has 0 bridgehead atoms. The number of anilines is 3. The van der Waals surface area contributed by atoms with Crippen molar-refractivity contribution in [3.8, 4) is 44.5 Å². The van der Waals surface area contributed by atoms with Crippen molar-refractivity contribution in [2.45, 2.75) is 5.41 Å². The van der Waals surface area contributed by atoms with Crippen molar-refractivity contribution >= 4 is 60.5 Å². The molecule has 0 fully saturated rings. The highest BCUT2D eigenvalue weighted by Gasteiger charge is 2.47. The lowest BCUT2D eigenvalue weighted by molar-refractivity contribution is 0.670. The minimum atomic E-state index is -0.557. The monoisotopic (exact) mass is 903 g/mol. The molecule has 0 spiro atoms. The van der Waals surface area contributed by atoms with Gasteiger partial charge in [-0.05, 0) is 120 Å². The molecule has 332 valence electrons. The van der Waals surface area contributed by atoms with E-state index in [0.717, 1.165) is 61.1 Å². The van der Waals surface area contributed by atoms with Crippen molar-refractivity contribution in [1.82, 2.24) is 0 Å². The molecule has 12 aromatic carbocycles. The Labute approximate surface area is 413 Å². The van der Waals surface area contributed by atoms with E-state index in [1.54, 1.807) is 0 Å². The summed E-state index contributed by atoms with van der Waals surface area (Å²) in [5, 5.41) is 7.07. The fraction of sp³-hybridized carbons (Fsp3) is 0.0145. The van der Waals surface area contributed by atoms with E-state index >= 15 is 0 Å². The first-order valence-corrected chi connectivity index (χ1v) is 24.5. The highest BCUT2D eigenvalue weighted by Crippen LogP contribution is 2.60. The first kappa shape index (κ1) is 40.8. The lowest BCUT2D eigenvalue weighted by Gasteiger charge is -2.34. The average Bonchev–Trinajstić information content (AvgIpc) is 3.97. The van der Waals surface area contributed by atoms with Crippen molar-refractivity contribution in [3.63, 3.8) is 0 Å². The van der Waals surface area contributed by atoms with Crippen LogP contribution in [0.1, 0.15) is 22.3 Å². The van der Waals surface area contributed by atoms with E-state index < -0.39 is 5.41 Å². The second-order valence-electron chi connectivity index (χ2n) is 18.7. The Kier molecular flexibility index (Phi) is 9.47. The van der Waals surface area contributed by atoms with Gasteiger partial charge in [0.05, 0.1) is 16.8 Å². The van der Waals surface area contributed by atoms with Gasteiger partial charge in [-0.25, -0.2) is 0 Å². The van der Waals surface area contributed by atoms with Gasteiger partial charge in [-0.2, -0.15) is 0 Å². The van der Waals surface area contributed by atoms with Crippen LogP contribution in [0.15, 0.2) is 277 Å². The topological polar surface area (TPSA) is 16.4 Å². The van der Waals surface area contributed by atoms with Crippen molar-refractivity contribution in [3.05, 3.63) is 295 Å². The summed E-state index contributed by atoms with van der Waals surface area (Å²) >= 11 is 0. The fourth-order valence-corrected chi connectivity index (χ4v) is 11.7. The van der Waals surface area contributed by atoms with Crippen LogP contribution in [-0.4, -0.2) is 0 Å².